The highest BCUT2D eigenvalue weighted by Crippen LogP contribution is 2.34. The molecule has 0 saturated heterocycles. The molecule has 1 aliphatic rings. The number of aromatic nitrogens is 2. The van der Waals surface area contributed by atoms with Crippen LogP contribution in [0.4, 0.5) is 0 Å². The summed E-state index contributed by atoms with van der Waals surface area (Å²) in [5.41, 5.74) is 0. The molecule has 1 aromatic rings. The summed E-state index contributed by atoms with van der Waals surface area (Å²) in [7, 11) is 0. The highest BCUT2D eigenvalue weighted by atomic mass is 15.0. The summed E-state index contributed by atoms with van der Waals surface area (Å²) in [5, 5.41) is 0. The highest BCUT2D eigenvalue weighted by Gasteiger charge is 2.21. The lowest BCUT2D eigenvalue weighted by Crippen LogP contribution is -2.19. The lowest BCUT2D eigenvalue weighted by Gasteiger charge is -2.29. The molecule has 1 heterocycles. The quantitative estimate of drug-likeness (QED) is 0.683. The second-order valence-electron chi connectivity index (χ2n) is 6.63. The highest BCUT2D eigenvalue weighted by molar-refractivity contribution is 4.78. The molecule has 108 valence electrons. The van der Waals surface area contributed by atoms with E-state index in [9.17, 15) is 0 Å². The van der Waals surface area contributed by atoms with Crippen molar-refractivity contribution in [3.8, 4) is 0 Å². The second-order valence-corrected chi connectivity index (χ2v) is 6.63. The van der Waals surface area contributed by atoms with Crippen LogP contribution in [0, 0.1) is 17.8 Å². The molecular formula is C17H30N2. The Morgan fingerprint density at radius 3 is 2.68 bits per heavy atom. The van der Waals surface area contributed by atoms with Gasteiger partial charge in [0.2, 0.25) is 0 Å². The standard InChI is InChI=1S/C17H30N2/c1-3-4-5-17(13-19-11-10-18-14-19)12-16-8-6-15(2)7-9-16/h10-11,14-17H,3-9,12-13H2,1-2H3. The Balaban J connectivity index is 1.82. The predicted molar refractivity (Wildman–Crippen MR) is 81.0 cm³/mol. The van der Waals surface area contributed by atoms with Gasteiger partial charge in [-0.25, -0.2) is 4.98 Å². The van der Waals surface area contributed by atoms with Crippen molar-refractivity contribution in [2.75, 3.05) is 0 Å². The number of imidazole rings is 1. The van der Waals surface area contributed by atoms with E-state index in [-0.39, 0.29) is 0 Å². The summed E-state index contributed by atoms with van der Waals surface area (Å²) >= 11 is 0. The molecule has 1 unspecified atom stereocenters. The van der Waals surface area contributed by atoms with Crippen LogP contribution in [0.1, 0.15) is 65.2 Å². The van der Waals surface area contributed by atoms with Crippen molar-refractivity contribution < 1.29 is 0 Å². The molecule has 0 bridgehead atoms. The maximum absolute atomic E-state index is 4.18. The molecule has 0 N–H and O–H groups in total. The van der Waals surface area contributed by atoms with Crippen LogP contribution in [0.3, 0.4) is 0 Å². The van der Waals surface area contributed by atoms with Gasteiger partial charge in [0.05, 0.1) is 6.33 Å². The average Bonchev–Trinajstić information content (AvgIpc) is 2.91. The van der Waals surface area contributed by atoms with Crippen molar-refractivity contribution in [1.29, 1.82) is 0 Å². The van der Waals surface area contributed by atoms with Crippen LogP contribution in [0.25, 0.3) is 0 Å². The topological polar surface area (TPSA) is 17.8 Å². The Labute approximate surface area is 118 Å². The Kier molecular flexibility index (Phi) is 5.93. The average molecular weight is 262 g/mol. The fraction of sp³-hybridized carbons (Fsp3) is 0.824. The number of rotatable bonds is 7. The van der Waals surface area contributed by atoms with Crippen molar-refractivity contribution in [3.63, 3.8) is 0 Å². The largest absolute Gasteiger partial charge is 0.337 e. The van der Waals surface area contributed by atoms with E-state index < -0.39 is 0 Å². The second kappa shape index (κ2) is 7.72. The zero-order valence-corrected chi connectivity index (χ0v) is 12.7. The van der Waals surface area contributed by atoms with Crippen molar-refractivity contribution in [2.45, 2.75) is 71.8 Å². The van der Waals surface area contributed by atoms with Crippen molar-refractivity contribution in [3.05, 3.63) is 18.7 Å². The van der Waals surface area contributed by atoms with Gasteiger partial charge in [-0.15, -0.1) is 0 Å². The Bertz CT molecular complexity index is 323. The van der Waals surface area contributed by atoms with Gasteiger partial charge in [0.1, 0.15) is 0 Å². The van der Waals surface area contributed by atoms with Crippen LogP contribution in [-0.4, -0.2) is 9.55 Å². The monoisotopic (exact) mass is 262 g/mol. The summed E-state index contributed by atoms with van der Waals surface area (Å²) in [6.07, 6.45) is 17.4. The van der Waals surface area contributed by atoms with Gasteiger partial charge in [-0.1, -0.05) is 52.4 Å². The minimum Gasteiger partial charge on any atom is -0.337 e. The summed E-state index contributed by atoms with van der Waals surface area (Å²) in [5.74, 6) is 2.81. The van der Waals surface area contributed by atoms with Gasteiger partial charge in [-0.2, -0.15) is 0 Å². The summed E-state index contributed by atoms with van der Waals surface area (Å²) in [6.45, 7) is 5.89. The lowest BCUT2D eigenvalue weighted by molar-refractivity contribution is 0.227. The molecule has 1 aliphatic carbocycles. The van der Waals surface area contributed by atoms with Crippen LogP contribution in [0.15, 0.2) is 18.7 Å². The molecule has 0 amide bonds. The number of hydrogen-bond donors (Lipinski definition) is 0. The van der Waals surface area contributed by atoms with E-state index in [2.05, 4.69) is 29.6 Å². The first-order valence-electron chi connectivity index (χ1n) is 8.23. The SMILES string of the molecule is CCCCC(CC1CCC(C)CC1)Cn1ccnc1. The fourth-order valence-electron chi connectivity index (χ4n) is 3.51. The minimum atomic E-state index is 0.854. The third-order valence-electron chi connectivity index (χ3n) is 4.80. The van der Waals surface area contributed by atoms with E-state index in [1.165, 1.54) is 57.9 Å². The molecule has 1 aromatic heterocycles. The number of hydrogen-bond acceptors (Lipinski definition) is 1. The Morgan fingerprint density at radius 2 is 2.05 bits per heavy atom. The molecule has 19 heavy (non-hydrogen) atoms. The smallest absolute Gasteiger partial charge is 0.0945 e. The molecule has 1 atom stereocenters. The molecule has 0 aliphatic heterocycles. The maximum Gasteiger partial charge on any atom is 0.0945 e. The third-order valence-corrected chi connectivity index (χ3v) is 4.80. The van der Waals surface area contributed by atoms with E-state index in [4.69, 9.17) is 0 Å². The number of unbranched alkanes of at least 4 members (excludes halogenated alkanes) is 1. The van der Waals surface area contributed by atoms with Crippen LogP contribution in [0.5, 0.6) is 0 Å². The van der Waals surface area contributed by atoms with Crippen molar-refractivity contribution in [2.24, 2.45) is 17.8 Å². The molecule has 0 spiro atoms. The summed E-state index contributed by atoms with van der Waals surface area (Å²) in [4.78, 5) is 4.18. The van der Waals surface area contributed by atoms with Gasteiger partial charge in [0, 0.05) is 18.9 Å². The molecule has 0 aromatic carbocycles. The molecule has 1 saturated carbocycles. The van der Waals surface area contributed by atoms with Gasteiger partial charge >= 0.3 is 0 Å². The third kappa shape index (κ3) is 5.00. The molecule has 2 nitrogen and oxygen atoms in total. The Morgan fingerprint density at radius 1 is 1.26 bits per heavy atom. The van der Waals surface area contributed by atoms with Crippen molar-refractivity contribution in [1.82, 2.24) is 9.55 Å². The minimum absolute atomic E-state index is 0.854. The summed E-state index contributed by atoms with van der Waals surface area (Å²) in [6, 6.07) is 0. The van der Waals surface area contributed by atoms with Gasteiger partial charge in [-0.3, -0.25) is 0 Å². The van der Waals surface area contributed by atoms with Crippen LogP contribution < -0.4 is 0 Å². The number of nitrogens with zero attached hydrogens (tertiary/aromatic N) is 2. The van der Waals surface area contributed by atoms with Crippen LogP contribution in [-0.2, 0) is 6.54 Å². The van der Waals surface area contributed by atoms with Crippen LogP contribution in [0.2, 0.25) is 0 Å². The van der Waals surface area contributed by atoms with Crippen molar-refractivity contribution >= 4 is 0 Å². The summed E-state index contributed by atoms with van der Waals surface area (Å²) < 4.78 is 2.27. The first-order valence-corrected chi connectivity index (χ1v) is 8.23. The molecule has 1 fully saturated rings. The molecule has 2 heteroatoms. The molecule has 2 rings (SSSR count). The normalized spacial score (nSPS) is 25.4. The zero-order valence-electron chi connectivity index (χ0n) is 12.7. The Hall–Kier alpha value is -0.790. The van der Waals surface area contributed by atoms with Gasteiger partial charge in [0.15, 0.2) is 0 Å². The molecule has 0 radical (unpaired) electrons. The maximum atomic E-state index is 4.18. The zero-order chi connectivity index (χ0) is 13.5. The van der Waals surface area contributed by atoms with Gasteiger partial charge < -0.3 is 4.57 Å². The van der Waals surface area contributed by atoms with E-state index in [0.717, 1.165) is 17.8 Å². The lowest BCUT2D eigenvalue weighted by atomic mass is 9.78. The fourth-order valence-corrected chi connectivity index (χ4v) is 3.51. The predicted octanol–water partition coefficient (Wildman–Crippen LogP) is 4.91. The van der Waals surface area contributed by atoms with Gasteiger partial charge in [0.25, 0.3) is 0 Å². The molecular weight excluding hydrogens is 232 g/mol. The van der Waals surface area contributed by atoms with E-state index in [0.29, 0.717) is 0 Å². The van der Waals surface area contributed by atoms with E-state index in [1.54, 1.807) is 0 Å². The van der Waals surface area contributed by atoms with E-state index >= 15 is 0 Å². The first kappa shape index (κ1) is 14.6. The van der Waals surface area contributed by atoms with E-state index in [1.807, 2.05) is 12.5 Å². The first-order chi connectivity index (χ1) is 9.28. The van der Waals surface area contributed by atoms with Gasteiger partial charge in [-0.05, 0) is 30.6 Å². The van der Waals surface area contributed by atoms with Crippen LogP contribution >= 0.6 is 0 Å².